The number of carbonyl (C=O) groups excluding carboxylic acids is 4. The second kappa shape index (κ2) is 14.6. The third-order valence-electron chi connectivity index (χ3n) is 7.25. The van der Waals surface area contributed by atoms with Crippen LogP contribution in [0.4, 0.5) is 0 Å². The van der Waals surface area contributed by atoms with Crippen LogP contribution in [-0.2, 0) is 25.8 Å². The van der Waals surface area contributed by atoms with Crippen LogP contribution in [0.15, 0.2) is 64.9 Å². The molecule has 1 aromatic heterocycles. The van der Waals surface area contributed by atoms with Crippen molar-refractivity contribution >= 4 is 44.8 Å². The predicted molar refractivity (Wildman–Crippen MR) is 167 cm³/mol. The Morgan fingerprint density at radius 1 is 1.02 bits per heavy atom. The molecule has 11 nitrogen and oxygen atoms in total. The number of hydrogen-bond donors (Lipinski definition) is 4. The fourth-order valence-electron chi connectivity index (χ4n) is 4.78. The van der Waals surface area contributed by atoms with Crippen LogP contribution in [0.3, 0.4) is 0 Å². The average Bonchev–Trinajstić information content (AvgIpc) is 3.48. The molecule has 13 heteroatoms. The zero-order valence-electron chi connectivity index (χ0n) is 24.8. The zero-order valence-corrected chi connectivity index (χ0v) is 26.5. The highest BCUT2D eigenvalue weighted by Gasteiger charge is 2.29. The Balaban J connectivity index is 1.59. The molecule has 0 fully saturated rings. The van der Waals surface area contributed by atoms with E-state index in [1.54, 1.807) is 5.38 Å². The fraction of sp³-hybridized carbons (Fsp3) is 0.387. The van der Waals surface area contributed by atoms with E-state index in [0.717, 1.165) is 11.8 Å². The number of benzene rings is 2. The summed E-state index contributed by atoms with van der Waals surface area (Å²) >= 11 is 1.22. The number of fused-ring (bicyclic) bond motifs is 2. The van der Waals surface area contributed by atoms with E-state index < -0.39 is 45.7 Å². The summed E-state index contributed by atoms with van der Waals surface area (Å²) < 4.78 is 24.0. The number of nitrogens with zero attached hydrogens (tertiary/aromatic N) is 1. The fourth-order valence-corrected chi connectivity index (χ4v) is 6.47. The first kappa shape index (κ1) is 32.8. The van der Waals surface area contributed by atoms with Crippen molar-refractivity contribution in [3.05, 3.63) is 81.8 Å². The molecule has 0 spiro atoms. The van der Waals surface area contributed by atoms with E-state index in [1.165, 1.54) is 35.6 Å². The van der Waals surface area contributed by atoms with Crippen LogP contribution in [0.2, 0.25) is 0 Å². The number of amides is 4. The molecule has 3 aromatic rings. The number of rotatable bonds is 6. The molecule has 234 valence electrons. The molecule has 2 heterocycles. The van der Waals surface area contributed by atoms with Gasteiger partial charge in [-0.05, 0) is 48.9 Å². The Morgan fingerprint density at radius 2 is 1.77 bits per heavy atom. The summed E-state index contributed by atoms with van der Waals surface area (Å²) in [6.45, 7) is 4.12. The molecule has 44 heavy (non-hydrogen) atoms. The first-order chi connectivity index (χ1) is 20.9. The first-order valence-electron chi connectivity index (χ1n) is 14.4. The van der Waals surface area contributed by atoms with Crippen LogP contribution in [0, 0.1) is 5.92 Å². The smallest absolute Gasteiger partial charge is 0.271 e. The molecule has 4 rings (SSSR count). The van der Waals surface area contributed by atoms with Gasteiger partial charge in [0.25, 0.3) is 11.8 Å². The normalized spacial score (nSPS) is 20.4. The van der Waals surface area contributed by atoms with E-state index in [2.05, 4.69) is 26.3 Å². The Kier molecular flexibility index (Phi) is 10.9. The van der Waals surface area contributed by atoms with Crippen molar-refractivity contribution in [3.63, 3.8) is 0 Å². The molecular formula is C31H37N5O6S2. The van der Waals surface area contributed by atoms with E-state index in [0.29, 0.717) is 30.8 Å². The van der Waals surface area contributed by atoms with Gasteiger partial charge in [-0.25, -0.2) is 13.4 Å². The standard InChI is InChI=1S/C31H37N5O6S2/c1-19(2)26-31-35-25(18-43-31)30(40)34-24(16-20-10-5-4-6-11-20)28(38)32-15-8-7-14-23(29(39)36-26)33-27(37)21-12-9-13-22(17-21)44(3,41)42/h4-6,9-13,17-19,23-24,26H,7-8,14-16H2,1-3H3,(H,32,38)(H,33,37)(H,34,40)(H,36,39)/t23-,24+,26+/m0/s1. The summed E-state index contributed by atoms with van der Waals surface area (Å²) in [6.07, 6.45) is 2.64. The van der Waals surface area contributed by atoms with Crippen LogP contribution < -0.4 is 21.3 Å². The number of nitrogens with one attached hydrogen (secondary N) is 4. The highest BCUT2D eigenvalue weighted by atomic mass is 32.2. The van der Waals surface area contributed by atoms with E-state index in [4.69, 9.17) is 0 Å². The zero-order chi connectivity index (χ0) is 31.9. The molecule has 0 aliphatic carbocycles. The minimum absolute atomic E-state index is 0.00242. The van der Waals surface area contributed by atoms with Gasteiger partial charge in [-0.15, -0.1) is 11.3 Å². The summed E-state index contributed by atoms with van der Waals surface area (Å²) in [4.78, 5) is 57.6. The van der Waals surface area contributed by atoms with Crippen molar-refractivity contribution in [1.82, 2.24) is 26.3 Å². The van der Waals surface area contributed by atoms with E-state index in [9.17, 15) is 27.6 Å². The van der Waals surface area contributed by atoms with Gasteiger partial charge in [0.2, 0.25) is 11.8 Å². The monoisotopic (exact) mass is 639 g/mol. The topological polar surface area (TPSA) is 163 Å². The molecule has 4 N–H and O–H groups in total. The van der Waals surface area contributed by atoms with Crippen LogP contribution in [0.5, 0.6) is 0 Å². The van der Waals surface area contributed by atoms with Gasteiger partial charge in [-0.3, -0.25) is 19.2 Å². The molecule has 2 bridgehead atoms. The second-order valence-corrected chi connectivity index (χ2v) is 14.0. The third kappa shape index (κ3) is 8.73. The number of aromatic nitrogens is 1. The van der Waals surface area contributed by atoms with Crippen molar-refractivity contribution in [2.24, 2.45) is 5.92 Å². The number of thiazole rings is 1. The summed E-state index contributed by atoms with van der Waals surface area (Å²) in [5.41, 5.74) is 1.14. The molecule has 0 radical (unpaired) electrons. The first-order valence-corrected chi connectivity index (χ1v) is 17.2. The van der Waals surface area contributed by atoms with Gasteiger partial charge in [-0.1, -0.05) is 50.2 Å². The number of carbonyl (C=O) groups is 4. The van der Waals surface area contributed by atoms with Crippen molar-refractivity contribution in [2.45, 2.75) is 62.6 Å². The van der Waals surface area contributed by atoms with Crippen molar-refractivity contribution in [1.29, 1.82) is 0 Å². The molecule has 0 saturated carbocycles. The number of hydrogen-bond acceptors (Lipinski definition) is 8. The van der Waals surface area contributed by atoms with Crippen LogP contribution in [0.25, 0.3) is 0 Å². The van der Waals surface area contributed by atoms with Gasteiger partial charge in [0.15, 0.2) is 9.84 Å². The maximum absolute atomic E-state index is 13.6. The lowest BCUT2D eigenvalue weighted by Crippen LogP contribution is -2.49. The van der Waals surface area contributed by atoms with Crippen molar-refractivity contribution in [3.8, 4) is 0 Å². The molecule has 4 amide bonds. The number of sulfone groups is 1. The molecule has 0 saturated heterocycles. The largest absolute Gasteiger partial charge is 0.354 e. The molecule has 0 unspecified atom stereocenters. The Bertz CT molecular complexity index is 1610. The third-order valence-corrected chi connectivity index (χ3v) is 9.29. The van der Waals surface area contributed by atoms with Gasteiger partial charge in [0.05, 0.1) is 10.9 Å². The van der Waals surface area contributed by atoms with E-state index in [1.807, 2.05) is 44.2 Å². The van der Waals surface area contributed by atoms with E-state index in [-0.39, 0.29) is 34.4 Å². The van der Waals surface area contributed by atoms with Crippen molar-refractivity contribution < 1.29 is 27.6 Å². The molecule has 2 aromatic carbocycles. The lowest BCUT2D eigenvalue weighted by molar-refractivity contribution is -0.124. The quantitative estimate of drug-likeness (QED) is 0.322. The Labute approximate surface area is 261 Å². The van der Waals surface area contributed by atoms with Gasteiger partial charge in [-0.2, -0.15) is 0 Å². The van der Waals surface area contributed by atoms with Gasteiger partial charge < -0.3 is 21.3 Å². The van der Waals surface area contributed by atoms with Crippen LogP contribution >= 0.6 is 11.3 Å². The SMILES string of the molecule is CC(C)[C@H]1NC(=O)[C@@H](NC(=O)c2cccc(S(C)(=O)=O)c2)CCCCNC(=O)[C@@H](Cc2ccccc2)NC(=O)c2csc1n2. The minimum Gasteiger partial charge on any atom is -0.354 e. The van der Waals surface area contributed by atoms with Gasteiger partial charge >= 0.3 is 0 Å². The van der Waals surface area contributed by atoms with Crippen molar-refractivity contribution in [2.75, 3.05) is 12.8 Å². The summed E-state index contributed by atoms with van der Waals surface area (Å²) in [5, 5.41) is 13.6. The minimum atomic E-state index is -3.54. The summed E-state index contributed by atoms with van der Waals surface area (Å²) in [5.74, 6) is -1.95. The molecule has 1 aliphatic heterocycles. The average molecular weight is 640 g/mol. The molecular weight excluding hydrogens is 603 g/mol. The highest BCUT2D eigenvalue weighted by molar-refractivity contribution is 7.90. The summed E-state index contributed by atoms with van der Waals surface area (Å²) in [6, 6.07) is 12.7. The predicted octanol–water partition coefficient (Wildman–Crippen LogP) is 2.80. The summed E-state index contributed by atoms with van der Waals surface area (Å²) in [7, 11) is -3.54. The van der Waals surface area contributed by atoms with Crippen LogP contribution in [-0.4, -0.2) is 61.9 Å². The Hall–Kier alpha value is -4.10. The van der Waals surface area contributed by atoms with E-state index >= 15 is 0 Å². The second-order valence-electron chi connectivity index (χ2n) is 11.1. The molecule has 1 aliphatic rings. The molecule has 3 atom stereocenters. The van der Waals surface area contributed by atoms with Gasteiger partial charge in [0, 0.05) is 30.2 Å². The van der Waals surface area contributed by atoms with Crippen LogP contribution in [0.1, 0.15) is 70.6 Å². The lowest BCUT2D eigenvalue weighted by atomic mass is 10.0. The maximum atomic E-state index is 13.6. The van der Waals surface area contributed by atoms with Gasteiger partial charge in [0.1, 0.15) is 22.8 Å². The highest BCUT2D eigenvalue weighted by Crippen LogP contribution is 2.26. The Morgan fingerprint density at radius 3 is 2.48 bits per heavy atom. The maximum Gasteiger partial charge on any atom is 0.271 e. The lowest BCUT2D eigenvalue weighted by Gasteiger charge is -2.25.